The van der Waals surface area contributed by atoms with Crippen molar-refractivity contribution in [3.63, 3.8) is 0 Å². The van der Waals surface area contributed by atoms with Gasteiger partial charge in [0, 0.05) is 18.9 Å². The van der Waals surface area contributed by atoms with Gasteiger partial charge in [0.05, 0.1) is 21.4 Å². The van der Waals surface area contributed by atoms with Crippen LogP contribution in [-0.2, 0) is 11.3 Å². The zero-order valence-electron chi connectivity index (χ0n) is 10.6. The van der Waals surface area contributed by atoms with Crippen LogP contribution in [0.15, 0.2) is 18.3 Å². The number of hydrogen-bond donors (Lipinski definition) is 0. The van der Waals surface area contributed by atoms with Crippen LogP contribution >= 0.6 is 11.6 Å². The van der Waals surface area contributed by atoms with Crippen molar-refractivity contribution in [1.82, 2.24) is 9.38 Å². The number of rotatable bonds is 2. The summed E-state index contributed by atoms with van der Waals surface area (Å²) in [7, 11) is -2.41. The second kappa shape index (κ2) is 3.59. The standard InChI is InChI=1S/C10H11ClN2O/c1-7-9(6-14-2)12-10-8(11)4-3-5-13(7)10/h3-5H,6H2,1-2H3/i2D3. The lowest BCUT2D eigenvalue weighted by atomic mass is 10.3. The first-order chi connectivity index (χ1) is 7.88. The number of methoxy groups -OCH3 is 1. The minimum absolute atomic E-state index is 0.0552. The van der Waals surface area contributed by atoms with E-state index in [2.05, 4.69) is 4.98 Å². The van der Waals surface area contributed by atoms with Crippen molar-refractivity contribution in [3.8, 4) is 0 Å². The molecule has 0 aliphatic heterocycles. The fourth-order valence-electron chi connectivity index (χ4n) is 1.40. The van der Waals surface area contributed by atoms with Crippen molar-refractivity contribution >= 4 is 17.2 Å². The van der Waals surface area contributed by atoms with E-state index in [4.69, 9.17) is 20.5 Å². The molecule has 0 N–H and O–H groups in total. The van der Waals surface area contributed by atoms with Crippen molar-refractivity contribution in [2.24, 2.45) is 0 Å². The molecular weight excluding hydrogens is 200 g/mol. The van der Waals surface area contributed by atoms with Crippen LogP contribution in [0.25, 0.3) is 5.65 Å². The molecule has 2 aromatic rings. The van der Waals surface area contributed by atoms with Gasteiger partial charge in [-0.05, 0) is 19.1 Å². The molecule has 2 aromatic heterocycles. The number of fused-ring (bicyclic) bond motifs is 1. The van der Waals surface area contributed by atoms with Gasteiger partial charge in [0.25, 0.3) is 0 Å². The Morgan fingerprint density at radius 2 is 2.57 bits per heavy atom. The Balaban J connectivity index is 2.36. The summed E-state index contributed by atoms with van der Waals surface area (Å²) in [6, 6.07) is 3.54. The predicted octanol–water partition coefficient (Wildman–Crippen LogP) is 2.44. The molecule has 0 aliphatic rings. The highest BCUT2D eigenvalue weighted by Gasteiger charge is 2.09. The maximum absolute atomic E-state index is 6.98. The van der Waals surface area contributed by atoms with Gasteiger partial charge < -0.3 is 9.14 Å². The van der Waals surface area contributed by atoms with Crippen LogP contribution in [0.5, 0.6) is 0 Å². The van der Waals surface area contributed by atoms with E-state index in [1.807, 2.05) is 13.1 Å². The number of halogens is 1. The second-order valence-electron chi connectivity index (χ2n) is 2.98. The zero-order valence-corrected chi connectivity index (χ0v) is 8.38. The van der Waals surface area contributed by atoms with Crippen LogP contribution in [0.3, 0.4) is 0 Å². The number of ether oxygens (including phenoxy) is 1. The van der Waals surface area contributed by atoms with Gasteiger partial charge in [0.15, 0.2) is 5.65 Å². The van der Waals surface area contributed by atoms with E-state index in [0.29, 0.717) is 16.4 Å². The molecule has 4 heteroatoms. The van der Waals surface area contributed by atoms with Crippen molar-refractivity contribution < 1.29 is 8.85 Å². The second-order valence-corrected chi connectivity index (χ2v) is 3.39. The van der Waals surface area contributed by atoms with Gasteiger partial charge in [-0.15, -0.1) is 0 Å². The molecule has 3 nitrogen and oxygen atoms in total. The Kier molecular flexibility index (Phi) is 1.65. The summed E-state index contributed by atoms with van der Waals surface area (Å²) in [6.45, 7) is 1.79. The monoisotopic (exact) mass is 213 g/mol. The number of pyridine rings is 1. The predicted molar refractivity (Wildman–Crippen MR) is 55.7 cm³/mol. The lowest BCUT2D eigenvalue weighted by Gasteiger charge is -1.97. The van der Waals surface area contributed by atoms with Crippen LogP contribution in [0.4, 0.5) is 0 Å². The van der Waals surface area contributed by atoms with E-state index in [1.54, 1.807) is 16.5 Å². The molecular formula is C10H11ClN2O. The first kappa shape index (κ1) is 6.43. The number of aromatic nitrogens is 2. The molecule has 0 fully saturated rings. The summed E-state index contributed by atoms with van der Waals surface area (Å²) in [5.41, 5.74) is 2.01. The summed E-state index contributed by atoms with van der Waals surface area (Å²) in [6.07, 6.45) is 1.82. The molecule has 74 valence electrons. The van der Waals surface area contributed by atoms with Crippen molar-refractivity contribution in [2.75, 3.05) is 7.04 Å². The molecule has 2 heterocycles. The van der Waals surface area contributed by atoms with E-state index >= 15 is 0 Å². The fraction of sp³-hybridized carbons (Fsp3) is 0.300. The van der Waals surface area contributed by atoms with Gasteiger partial charge in [-0.25, -0.2) is 4.98 Å². The van der Waals surface area contributed by atoms with Crippen molar-refractivity contribution in [3.05, 3.63) is 34.7 Å². The van der Waals surface area contributed by atoms with E-state index in [1.165, 1.54) is 0 Å². The molecule has 0 saturated heterocycles. The maximum atomic E-state index is 6.98. The van der Waals surface area contributed by atoms with Gasteiger partial charge in [-0.1, -0.05) is 11.6 Å². The number of hydrogen-bond acceptors (Lipinski definition) is 2. The highest BCUT2D eigenvalue weighted by atomic mass is 35.5. The van der Waals surface area contributed by atoms with E-state index in [-0.39, 0.29) is 6.61 Å². The summed E-state index contributed by atoms with van der Waals surface area (Å²) < 4.78 is 27.5. The van der Waals surface area contributed by atoms with Crippen LogP contribution in [-0.4, -0.2) is 16.4 Å². The molecule has 14 heavy (non-hydrogen) atoms. The highest BCUT2D eigenvalue weighted by molar-refractivity contribution is 6.33. The molecule has 0 unspecified atom stereocenters. The average Bonchev–Trinajstić information content (AvgIpc) is 2.54. The first-order valence-electron chi connectivity index (χ1n) is 5.64. The van der Waals surface area contributed by atoms with Crippen molar-refractivity contribution in [2.45, 2.75) is 13.5 Å². The summed E-state index contributed by atoms with van der Waals surface area (Å²) >= 11 is 6.00. The van der Waals surface area contributed by atoms with Gasteiger partial charge >= 0.3 is 0 Å². The molecule has 0 radical (unpaired) electrons. The van der Waals surface area contributed by atoms with Crippen LogP contribution < -0.4 is 0 Å². The third-order valence-corrected chi connectivity index (χ3v) is 2.44. The summed E-state index contributed by atoms with van der Waals surface area (Å²) in [5.74, 6) is 0. The summed E-state index contributed by atoms with van der Waals surface area (Å²) in [5, 5.41) is 0.524. The number of aryl methyl sites for hydroxylation is 1. The Bertz CT molecular complexity index is 550. The SMILES string of the molecule is [2H]C([2H])([2H])OCc1nc2c(Cl)cccn2c1C. The molecule has 0 bridgehead atoms. The van der Waals surface area contributed by atoms with E-state index in [0.717, 1.165) is 5.69 Å². The molecule has 0 aliphatic carbocycles. The minimum atomic E-state index is -2.41. The fourth-order valence-corrected chi connectivity index (χ4v) is 1.61. The maximum Gasteiger partial charge on any atom is 0.156 e. The number of nitrogens with zero attached hydrogens (tertiary/aromatic N) is 2. The van der Waals surface area contributed by atoms with Crippen LogP contribution in [0.2, 0.25) is 5.02 Å². The van der Waals surface area contributed by atoms with Gasteiger partial charge in [-0.3, -0.25) is 0 Å². The van der Waals surface area contributed by atoms with Gasteiger partial charge in [-0.2, -0.15) is 0 Å². The number of imidazole rings is 1. The molecule has 0 amide bonds. The topological polar surface area (TPSA) is 26.5 Å². The minimum Gasteiger partial charge on any atom is -0.378 e. The lowest BCUT2D eigenvalue weighted by Crippen LogP contribution is -1.91. The molecule has 0 aromatic carbocycles. The third-order valence-electron chi connectivity index (χ3n) is 2.15. The Hall–Kier alpha value is -1.06. The third kappa shape index (κ3) is 1.38. The van der Waals surface area contributed by atoms with Gasteiger partial charge in [0.2, 0.25) is 0 Å². The Labute approximate surface area is 91.5 Å². The van der Waals surface area contributed by atoms with Crippen LogP contribution in [0, 0.1) is 6.92 Å². The summed E-state index contributed by atoms with van der Waals surface area (Å²) in [4.78, 5) is 4.27. The van der Waals surface area contributed by atoms with Crippen LogP contribution in [0.1, 0.15) is 15.5 Å². The quantitative estimate of drug-likeness (QED) is 0.766. The largest absolute Gasteiger partial charge is 0.378 e. The Morgan fingerprint density at radius 3 is 3.29 bits per heavy atom. The molecule has 0 saturated carbocycles. The molecule has 0 atom stereocenters. The normalized spacial score (nSPS) is 15.1. The smallest absolute Gasteiger partial charge is 0.156 e. The zero-order chi connectivity index (χ0) is 12.6. The van der Waals surface area contributed by atoms with E-state index in [9.17, 15) is 0 Å². The van der Waals surface area contributed by atoms with Crippen molar-refractivity contribution in [1.29, 1.82) is 0 Å². The Morgan fingerprint density at radius 1 is 1.71 bits per heavy atom. The molecule has 0 spiro atoms. The lowest BCUT2D eigenvalue weighted by molar-refractivity contribution is 0.181. The average molecular weight is 214 g/mol. The van der Waals surface area contributed by atoms with Gasteiger partial charge in [0.1, 0.15) is 0 Å². The highest BCUT2D eigenvalue weighted by Crippen LogP contribution is 2.19. The van der Waals surface area contributed by atoms with E-state index < -0.39 is 7.04 Å². The first-order valence-corrected chi connectivity index (χ1v) is 4.52. The molecule has 2 rings (SSSR count).